The third kappa shape index (κ3) is 4.18. The smallest absolute Gasteiger partial charge is 0.170 e. The van der Waals surface area contributed by atoms with Crippen LogP contribution in [0.5, 0.6) is 0 Å². The van der Waals surface area contributed by atoms with Crippen molar-refractivity contribution >= 4 is 34.2 Å². The molecule has 1 saturated heterocycles. The maximum absolute atomic E-state index is 6.12. The Bertz CT molecular complexity index is 1230. The Morgan fingerprint density at radius 1 is 1.00 bits per heavy atom. The number of hydrogen-bond donors (Lipinski definition) is 1. The zero-order chi connectivity index (χ0) is 22.3. The van der Waals surface area contributed by atoms with E-state index in [1.165, 1.54) is 0 Å². The van der Waals surface area contributed by atoms with E-state index in [0.717, 1.165) is 73.3 Å². The van der Waals surface area contributed by atoms with E-state index < -0.39 is 0 Å². The van der Waals surface area contributed by atoms with Crippen molar-refractivity contribution in [2.75, 3.05) is 38.2 Å². The van der Waals surface area contributed by atoms with Crippen LogP contribution in [0.25, 0.3) is 28.1 Å². The van der Waals surface area contributed by atoms with Gasteiger partial charge >= 0.3 is 0 Å². The number of hydrogen-bond acceptors (Lipinski definition) is 6. The molecule has 4 aromatic rings. The molecule has 0 saturated carbocycles. The highest BCUT2D eigenvalue weighted by Crippen LogP contribution is 2.33. The summed E-state index contributed by atoms with van der Waals surface area (Å²) in [5, 5.41) is 4.30. The van der Waals surface area contributed by atoms with Crippen molar-refractivity contribution in [3.8, 4) is 11.3 Å². The second-order valence-corrected chi connectivity index (χ2v) is 9.63. The van der Waals surface area contributed by atoms with Gasteiger partial charge < -0.3 is 14.6 Å². The van der Waals surface area contributed by atoms with Crippen molar-refractivity contribution in [3.05, 3.63) is 41.9 Å². The average molecular weight is 454 g/mol. The molecule has 1 aromatic carbocycles. The minimum Gasteiger partial charge on any atom is -0.379 e. The summed E-state index contributed by atoms with van der Waals surface area (Å²) < 4.78 is 9.55. The number of nitrogens with one attached hydrogen (secondary N) is 1. The first-order chi connectivity index (χ1) is 15.4. The van der Waals surface area contributed by atoms with Crippen molar-refractivity contribution in [1.82, 2.24) is 28.8 Å². The van der Waals surface area contributed by atoms with E-state index in [0.29, 0.717) is 5.02 Å². The molecule has 0 amide bonds. The van der Waals surface area contributed by atoms with Crippen LogP contribution in [0.15, 0.2) is 36.9 Å². The molecule has 1 aliphatic heterocycles. The molecule has 32 heavy (non-hydrogen) atoms. The van der Waals surface area contributed by atoms with Gasteiger partial charge in [-0.05, 0) is 32.9 Å². The molecule has 0 unspecified atom stereocenters. The number of nitrogens with zero attached hydrogens (tertiary/aromatic N) is 6. The predicted molar refractivity (Wildman–Crippen MR) is 127 cm³/mol. The highest BCUT2D eigenvalue weighted by molar-refractivity contribution is 6.30. The van der Waals surface area contributed by atoms with Gasteiger partial charge in [0.15, 0.2) is 16.8 Å². The molecule has 0 aliphatic carbocycles. The van der Waals surface area contributed by atoms with Gasteiger partial charge in [0.05, 0.1) is 19.5 Å². The van der Waals surface area contributed by atoms with E-state index in [2.05, 4.69) is 35.6 Å². The molecule has 8 nitrogen and oxygen atoms in total. The van der Waals surface area contributed by atoms with Gasteiger partial charge in [-0.15, -0.1) is 0 Å². The van der Waals surface area contributed by atoms with Crippen LogP contribution in [0, 0.1) is 0 Å². The minimum absolute atomic E-state index is 0.149. The lowest BCUT2D eigenvalue weighted by Crippen LogP contribution is -2.38. The van der Waals surface area contributed by atoms with Gasteiger partial charge in [-0.1, -0.05) is 23.7 Å². The van der Waals surface area contributed by atoms with Crippen LogP contribution in [0.3, 0.4) is 0 Å². The Kier molecular flexibility index (Phi) is 5.53. The van der Waals surface area contributed by atoms with Crippen molar-refractivity contribution in [3.63, 3.8) is 0 Å². The van der Waals surface area contributed by atoms with Crippen LogP contribution in [0.4, 0.5) is 5.82 Å². The lowest BCUT2D eigenvalue weighted by atomic mass is 10.1. The number of anilines is 1. The summed E-state index contributed by atoms with van der Waals surface area (Å²) >= 11 is 6.12. The first-order valence-corrected chi connectivity index (χ1v) is 11.3. The van der Waals surface area contributed by atoms with E-state index in [9.17, 15) is 0 Å². The molecule has 168 valence electrons. The molecule has 0 spiro atoms. The van der Waals surface area contributed by atoms with Crippen LogP contribution in [0.2, 0.25) is 5.02 Å². The molecule has 9 heteroatoms. The summed E-state index contributed by atoms with van der Waals surface area (Å²) in [6.45, 7) is 11.7. The molecule has 3 aromatic heterocycles. The molecular formula is C23H28ClN7O. The van der Waals surface area contributed by atoms with E-state index in [1.807, 2.05) is 41.3 Å². The number of morpholine rings is 1. The molecule has 1 N–H and O–H groups in total. The standard InChI is InChI=1S/C23H28ClN7O/c1-23(2,3)28-22-18(16-4-6-17(24)7-5-16)27-21-19-20(26-15-31(21)22)30(14-25-19)9-8-29-10-12-32-13-11-29/h4-7,14-15,28H,8-13H2,1-3H3. The van der Waals surface area contributed by atoms with Crippen LogP contribution >= 0.6 is 11.6 Å². The zero-order valence-electron chi connectivity index (χ0n) is 18.7. The SMILES string of the molecule is CC(C)(C)Nc1c(-c2ccc(Cl)cc2)nc2c3ncn(CCN4CCOCC4)c3ncn12. The minimum atomic E-state index is -0.149. The predicted octanol–water partition coefficient (Wildman–Crippen LogP) is 3.94. The normalized spacial score (nSPS) is 15.6. The number of rotatable bonds is 5. The molecule has 5 rings (SSSR count). The third-order valence-corrected chi connectivity index (χ3v) is 5.85. The Labute approximate surface area is 192 Å². The topological polar surface area (TPSA) is 72.5 Å². The summed E-state index contributed by atoms with van der Waals surface area (Å²) in [7, 11) is 0. The van der Waals surface area contributed by atoms with Crippen molar-refractivity contribution < 1.29 is 4.74 Å². The number of fused-ring (bicyclic) bond motifs is 3. The molecule has 0 radical (unpaired) electrons. The van der Waals surface area contributed by atoms with Crippen LogP contribution in [-0.4, -0.2) is 67.2 Å². The second-order valence-electron chi connectivity index (χ2n) is 9.19. The molecule has 0 bridgehead atoms. The zero-order valence-corrected chi connectivity index (χ0v) is 19.4. The lowest BCUT2D eigenvalue weighted by molar-refractivity contribution is 0.0365. The van der Waals surface area contributed by atoms with E-state index in [4.69, 9.17) is 31.3 Å². The van der Waals surface area contributed by atoms with E-state index >= 15 is 0 Å². The van der Waals surface area contributed by atoms with Crippen LogP contribution in [0.1, 0.15) is 20.8 Å². The summed E-state index contributed by atoms with van der Waals surface area (Å²) in [6, 6.07) is 7.75. The maximum atomic E-state index is 6.12. The Morgan fingerprint density at radius 3 is 2.47 bits per heavy atom. The van der Waals surface area contributed by atoms with Crippen LogP contribution in [-0.2, 0) is 11.3 Å². The van der Waals surface area contributed by atoms with Crippen LogP contribution < -0.4 is 5.32 Å². The summed E-state index contributed by atoms with van der Waals surface area (Å²) in [5.41, 5.74) is 4.13. The van der Waals surface area contributed by atoms with Gasteiger partial charge in [0.1, 0.15) is 17.8 Å². The highest BCUT2D eigenvalue weighted by Gasteiger charge is 2.22. The maximum Gasteiger partial charge on any atom is 0.170 e. The van der Waals surface area contributed by atoms with E-state index in [1.54, 1.807) is 0 Å². The molecular weight excluding hydrogens is 426 g/mol. The van der Waals surface area contributed by atoms with E-state index in [-0.39, 0.29) is 5.54 Å². The highest BCUT2D eigenvalue weighted by atomic mass is 35.5. The van der Waals surface area contributed by atoms with Gasteiger partial charge in [-0.2, -0.15) is 0 Å². The quantitative estimate of drug-likeness (QED) is 0.493. The van der Waals surface area contributed by atoms with Gasteiger partial charge in [-0.25, -0.2) is 15.0 Å². The lowest BCUT2D eigenvalue weighted by Gasteiger charge is -2.26. The Hall–Kier alpha value is -2.68. The van der Waals surface area contributed by atoms with Gasteiger partial charge in [0.25, 0.3) is 0 Å². The Morgan fingerprint density at radius 2 is 1.75 bits per heavy atom. The molecule has 1 aliphatic rings. The summed E-state index contributed by atoms with van der Waals surface area (Å²) in [4.78, 5) is 16.9. The summed E-state index contributed by atoms with van der Waals surface area (Å²) in [6.07, 6.45) is 3.71. The molecule has 0 atom stereocenters. The van der Waals surface area contributed by atoms with Crippen molar-refractivity contribution in [2.45, 2.75) is 32.9 Å². The van der Waals surface area contributed by atoms with Crippen molar-refractivity contribution in [1.29, 1.82) is 0 Å². The fourth-order valence-corrected chi connectivity index (χ4v) is 4.14. The summed E-state index contributed by atoms with van der Waals surface area (Å²) in [5.74, 6) is 0.895. The monoisotopic (exact) mass is 453 g/mol. The first kappa shape index (κ1) is 21.2. The first-order valence-electron chi connectivity index (χ1n) is 11.0. The van der Waals surface area contributed by atoms with Crippen molar-refractivity contribution in [2.24, 2.45) is 0 Å². The number of benzene rings is 1. The van der Waals surface area contributed by atoms with Gasteiger partial charge in [0.2, 0.25) is 0 Å². The van der Waals surface area contributed by atoms with Gasteiger partial charge in [0, 0.05) is 42.3 Å². The number of imidazole rings is 2. The molecule has 1 fully saturated rings. The second kappa shape index (κ2) is 8.35. The fourth-order valence-electron chi connectivity index (χ4n) is 4.01. The number of aromatic nitrogens is 5. The van der Waals surface area contributed by atoms with Gasteiger partial charge in [-0.3, -0.25) is 9.30 Å². The number of ether oxygens (including phenoxy) is 1. The Balaban J connectivity index is 1.56. The number of halogens is 1. The fraction of sp³-hybridized carbons (Fsp3) is 0.435. The third-order valence-electron chi connectivity index (χ3n) is 5.60. The molecule has 4 heterocycles. The largest absolute Gasteiger partial charge is 0.379 e. The average Bonchev–Trinajstić information content (AvgIpc) is 3.34.